The van der Waals surface area contributed by atoms with Crippen LogP contribution in [0.3, 0.4) is 0 Å². The van der Waals surface area contributed by atoms with Gasteiger partial charge >= 0.3 is 0 Å². The molecule has 1 aromatic rings. The van der Waals surface area contributed by atoms with Crippen LogP contribution in [0.1, 0.15) is 45.7 Å². The van der Waals surface area contributed by atoms with Gasteiger partial charge in [0, 0.05) is 11.3 Å². The van der Waals surface area contributed by atoms with Crippen molar-refractivity contribution in [3.8, 4) is 0 Å². The summed E-state index contributed by atoms with van der Waals surface area (Å²) < 4.78 is 5.51. The van der Waals surface area contributed by atoms with Gasteiger partial charge in [-0.05, 0) is 44.6 Å². The monoisotopic (exact) mass is 282 g/mol. The maximum atomic E-state index is 5.51. The Kier molecular flexibility index (Phi) is 5.34. The van der Waals surface area contributed by atoms with Crippen molar-refractivity contribution < 1.29 is 4.42 Å². The summed E-state index contributed by atoms with van der Waals surface area (Å²) in [5.41, 5.74) is 0.971. The molecular formula is C15H26N2OS. The molecule has 108 valence electrons. The third kappa shape index (κ3) is 3.99. The van der Waals surface area contributed by atoms with Crippen LogP contribution in [0.4, 0.5) is 0 Å². The first-order chi connectivity index (χ1) is 9.10. The molecule has 1 aliphatic rings. The molecule has 0 aliphatic heterocycles. The molecule has 1 N–H and O–H groups in total. The molecule has 1 aromatic heterocycles. The van der Waals surface area contributed by atoms with Crippen LogP contribution < -0.4 is 5.32 Å². The molecule has 1 heterocycles. The van der Waals surface area contributed by atoms with Gasteiger partial charge in [-0.15, -0.1) is 0 Å². The van der Waals surface area contributed by atoms with Gasteiger partial charge in [0.1, 0.15) is 6.26 Å². The van der Waals surface area contributed by atoms with Crippen molar-refractivity contribution in [2.24, 2.45) is 11.8 Å². The topological polar surface area (TPSA) is 38.1 Å². The smallest absolute Gasteiger partial charge is 0.256 e. The quantitative estimate of drug-likeness (QED) is 0.889. The summed E-state index contributed by atoms with van der Waals surface area (Å²) in [6.45, 7) is 9.89. The lowest BCUT2D eigenvalue weighted by Gasteiger charge is -2.37. The molecule has 1 fully saturated rings. The second-order valence-electron chi connectivity index (χ2n) is 5.89. The molecule has 0 saturated heterocycles. The third-order valence-electron chi connectivity index (χ3n) is 4.09. The van der Waals surface area contributed by atoms with Gasteiger partial charge in [0.2, 0.25) is 0 Å². The minimum absolute atomic E-state index is 0.583. The number of aromatic nitrogens is 1. The predicted molar refractivity (Wildman–Crippen MR) is 80.5 cm³/mol. The summed E-state index contributed by atoms with van der Waals surface area (Å²) >= 11 is 1.81. The Morgan fingerprint density at radius 3 is 2.84 bits per heavy atom. The fraction of sp³-hybridized carbons (Fsp3) is 0.800. The molecule has 2 rings (SSSR count). The van der Waals surface area contributed by atoms with E-state index in [1.807, 2.05) is 18.7 Å². The van der Waals surface area contributed by atoms with E-state index in [0.29, 0.717) is 11.3 Å². The maximum absolute atomic E-state index is 5.51. The highest BCUT2D eigenvalue weighted by Crippen LogP contribution is 2.38. The Hall–Kier alpha value is -0.480. The fourth-order valence-electron chi connectivity index (χ4n) is 2.91. The van der Waals surface area contributed by atoms with Gasteiger partial charge in [0.05, 0.1) is 5.69 Å². The Bertz CT molecular complexity index is 391. The van der Waals surface area contributed by atoms with Crippen LogP contribution in [-0.4, -0.2) is 22.8 Å². The van der Waals surface area contributed by atoms with Crippen LogP contribution >= 0.6 is 11.8 Å². The van der Waals surface area contributed by atoms with Crippen LogP contribution in [0, 0.1) is 18.8 Å². The fourth-order valence-corrected chi connectivity index (χ4v) is 4.21. The third-order valence-corrected chi connectivity index (χ3v) is 5.30. The van der Waals surface area contributed by atoms with Crippen LogP contribution in [-0.2, 0) is 0 Å². The normalized spacial score (nSPS) is 27.9. The summed E-state index contributed by atoms with van der Waals surface area (Å²) in [5, 5.41) is 5.04. The van der Waals surface area contributed by atoms with E-state index in [2.05, 4.69) is 31.1 Å². The van der Waals surface area contributed by atoms with Crippen molar-refractivity contribution in [3.05, 3.63) is 12.0 Å². The van der Waals surface area contributed by atoms with E-state index in [4.69, 9.17) is 4.42 Å². The standard InChI is InChI=1S/C15H26N2OS/c1-5-16-13-7-6-12(10(2)3)8-14(13)19-15-17-11(4)9-18-15/h9-10,12-14,16H,5-8H2,1-4H3. The zero-order valence-corrected chi connectivity index (χ0v) is 13.3. The largest absolute Gasteiger partial charge is 0.440 e. The highest BCUT2D eigenvalue weighted by molar-refractivity contribution is 7.99. The van der Waals surface area contributed by atoms with E-state index in [1.165, 1.54) is 19.3 Å². The van der Waals surface area contributed by atoms with Crippen LogP contribution in [0.2, 0.25) is 0 Å². The predicted octanol–water partition coefficient (Wildman–Crippen LogP) is 3.88. The Labute approximate surface area is 120 Å². The molecule has 4 heteroatoms. The first kappa shape index (κ1) is 14.9. The summed E-state index contributed by atoms with van der Waals surface area (Å²) in [7, 11) is 0. The molecule has 3 atom stereocenters. The number of aryl methyl sites for hydroxylation is 1. The lowest BCUT2D eigenvalue weighted by atomic mass is 9.79. The van der Waals surface area contributed by atoms with Gasteiger partial charge in [0.25, 0.3) is 5.22 Å². The highest BCUT2D eigenvalue weighted by Gasteiger charge is 2.32. The van der Waals surface area contributed by atoms with E-state index >= 15 is 0 Å². The van der Waals surface area contributed by atoms with Crippen molar-refractivity contribution in [1.29, 1.82) is 0 Å². The van der Waals surface area contributed by atoms with Crippen LogP contribution in [0.25, 0.3) is 0 Å². The van der Waals surface area contributed by atoms with E-state index in [9.17, 15) is 0 Å². The van der Waals surface area contributed by atoms with Gasteiger partial charge in [-0.1, -0.05) is 32.5 Å². The number of hydrogen-bond donors (Lipinski definition) is 1. The van der Waals surface area contributed by atoms with Gasteiger partial charge in [-0.3, -0.25) is 0 Å². The van der Waals surface area contributed by atoms with Crippen molar-refractivity contribution in [2.75, 3.05) is 6.54 Å². The molecule has 3 unspecified atom stereocenters. The van der Waals surface area contributed by atoms with Crippen LogP contribution in [0.5, 0.6) is 0 Å². The molecule has 0 bridgehead atoms. The SMILES string of the molecule is CCNC1CCC(C(C)C)CC1Sc1nc(C)co1. The number of rotatable bonds is 5. The lowest BCUT2D eigenvalue weighted by Crippen LogP contribution is -2.43. The average molecular weight is 282 g/mol. The van der Waals surface area contributed by atoms with Gasteiger partial charge in [-0.25, -0.2) is 4.98 Å². The summed E-state index contributed by atoms with van der Waals surface area (Å²) in [6.07, 6.45) is 5.62. The summed E-state index contributed by atoms with van der Waals surface area (Å²) in [6, 6.07) is 0.595. The Balaban J connectivity index is 2.02. The highest BCUT2D eigenvalue weighted by atomic mass is 32.2. The molecule has 19 heavy (non-hydrogen) atoms. The Morgan fingerprint density at radius 2 is 2.26 bits per heavy atom. The summed E-state index contributed by atoms with van der Waals surface area (Å²) in [4.78, 5) is 4.44. The van der Waals surface area contributed by atoms with Crippen molar-refractivity contribution in [3.63, 3.8) is 0 Å². The molecule has 0 radical (unpaired) electrons. The minimum atomic E-state index is 0.583. The summed E-state index contributed by atoms with van der Waals surface area (Å²) in [5.74, 6) is 1.61. The molecule has 1 aliphatic carbocycles. The molecule has 0 spiro atoms. The maximum Gasteiger partial charge on any atom is 0.256 e. The first-order valence-corrected chi connectivity index (χ1v) is 8.30. The molecule has 1 saturated carbocycles. The Morgan fingerprint density at radius 1 is 1.47 bits per heavy atom. The number of nitrogens with zero attached hydrogens (tertiary/aromatic N) is 1. The lowest BCUT2D eigenvalue weighted by molar-refractivity contribution is 0.246. The van der Waals surface area contributed by atoms with E-state index in [-0.39, 0.29) is 0 Å². The van der Waals surface area contributed by atoms with Gasteiger partial charge in [-0.2, -0.15) is 0 Å². The minimum Gasteiger partial charge on any atom is -0.440 e. The van der Waals surface area contributed by atoms with E-state index in [0.717, 1.165) is 29.3 Å². The zero-order chi connectivity index (χ0) is 13.8. The molecule has 0 amide bonds. The van der Waals surface area contributed by atoms with Crippen molar-refractivity contribution in [2.45, 2.75) is 63.5 Å². The molecule has 0 aromatic carbocycles. The number of nitrogens with one attached hydrogen (secondary N) is 1. The second-order valence-corrected chi connectivity index (χ2v) is 7.08. The molecule has 3 nitrogen and oxygen atoms in total. The van der Waals surface area contributed by atoms with E-state index < -0.39 is 0 Å². The van der Waals surface area contributed by atoms with Gasteiger partial charge < -0.3 is 9.73 Å². The van der Waals surface area contributed by atoms with Crippen molar-refractivity contribution >= 4 is 11.8 Å². The zero-order valence-electron chi connectivity index (χ0n) is 12.5. The van der Waals surface area contributed by atoms with Gasteiger partial charge in [0.15, 0.2) is 0 Å². The molecular weight excluding hydrogens is 256 g/mol. The number of oxazole rings is 1. The number of thioether (sulfide) groups is 1. The second kappa shape index (κ2) is 6.80. The number of hydrogen-bond acceptors (Lipinski definition) is 4. The van der Waals surface area contributed by atoms with Crippen LogP contribution in [0.15, 0.2) is 15.9 Å². The van der Waals surface area contributed by atoms with E-state index in [1.54, 1.807) is 6.26 Å². The first-order valence-electron chi connectivity index (χ1n) is 7.42. The average Bonchev–Trinajstić information content (AvgIpc) is 2.77. The van der Waals surface area contributed by atoms with Crippen molar-refractivity contribution in [1.82, 2.24) is 10.3 Å².